The Kier molecular flexibility index (Phi) is 22.1. The highest BCUT2D eigenvalue weighted by Gasteiger charge is 2.39. The highest BCUT2D eigenvalue weighted by molar-refractivity contribution is 8.01. The van der Waals surface area contributed by atoms with Crippen LogP contribution in [-0.2, 0) is 51.3 Å². The lowest BCUT2D eigenvalue weighted by atomic mass is 10.1. The lowest BCUT2D eigenvalue weighted by Crippen LogP contribution is -2.52. The van der Waals surface area contributed by atoms with E-state index in [0.29, 0.717) is 42.3 Å². The molecule has 16 nitrogen and oxygen atoms in total. The largest absolute Gasteiger partial charge is 0.506 e. The molecule has 17 heteroatoms. The van der Waals surface area contributed by atoms with Gasteiger partial charge in [-0.15, -0.1) is 11.8 Å². The van der Waals surface area contributed by atoms with Crippen molar-refractivity contribution in [2.45, 2.75) is 102 Å². The molecule has 6 N–H and O–H groups in total. The Hall–Kier alpha value is -5.45. The van der Waals surface area contributed by atoms with Gasteiger partial charge in [0, 0.05) is 36.7 Å². The summed E-state index contributed by atoms with van der Waals surface area (Å²) in [5.74, 6) is -3.11. The van der Waals surface area contributed by atoms with Crippen LogP contribution in [0, 0.1) is 0 Å². The highest BCUT2D eigenvalue weighted by Crippen LogP contribution is 2.31. The number of benzene rings is 2. The van der Waals surface area contributed by atoms with Gasteiger partial charge < -0.3 is 36.4 Å². The molecule has 7 amide bonds. The van der Waals surface area contributed by atoms with Gasteiger partial charge in [-0.1, -0.05) is 76.6 Å². The maximum Gasteiger partial charge on any atom is 0.506 e. The minimum atomic E-state index is -1.41. The van der Waals surface area contributed by atoms with E-state index in [1.54, 1.807) is 66.4 Å². The average molecular weight is 813 g/mol. The smallest absolute Gasteiger partial charge is 0.450 e. The monoisotopic (exact) mass is 812 g/mol. The van der Waals surface area contributed by atoms with E-state index in [-0.39, 0.29) is 55.4 Å². The van der Waals surface area contributed by atoms with Gasteiger partial charge in [-0.2, -0.15) is 0 Å². The van der Waals surface area contributed by atoms with Gasteiger partial charge in [0.1, 0.15) is 12.6 Å². The van der Waals surface area contributed by atoms with Crippen molar-refractivity contribution >= 4 is 65.0 Å². The number of amides is 7. The zero-order valence-electron chi connectivity index (χ0n) is 33.1. The van der Waals surface area contributed by atoms with Crippen molar-refractivity contribution in [2.24, 2.45) is 0 Å². The Bertz CT molecular complexity index is 1640. The van der Waals surface area contributed by atoms with Crippen molar-refractivity contribution in [3.63, 3.8) is 0 Å². The standard InChI is InChI=1S/C38H50N6O10S.C2H6/c1-3-28(4-2)55-30-20-35(49)44(37(30)51)18-10-6-9-13-31(45)39-21-32(46)40-22-34(48)43-29(19-25-11-7-5-8-12-25)36(50)41-23-33(47)42-27-16-14-26(15-17-27)24-54-38(52)53;1-2/h5,7-8,11-12,14-17,28-30H,3-4,6,9-10,13,18-24H2,1-2H3,(H,39,45)(H,40,46)(H,41,50)(H,42,47)(H,43,48)(H,52,53);1-2H3. The Morgan fingerprint density at radius 1 is 0.789 bits per heavy atom. The number of anilines is 1. The van der Waals surface area contributed by atoms with Crippen molar-refractivity contribution in [1.29, 1.82) is 0 Å². The number of rotatable bonds is 23. The molecule has 0 bridgehead atoms. The van der Waals surface area contributed by atoms with E-state index in [2.05, 4.69) is 45.2 Å². The predicted molar refractivity (Wildman–Crippen MR) is 216 cm³/mol. The maximum absolute atomic E-state index is 13.1. The first-order valence-electron chi connectivity index (χ1n) is 19.3. The lowest BCUT2D eigenvalue weighted by Gasteiger charge is -2.19. The molecule has 1 aliphatic heterocycles. The van der Waals surface area contributed by atoms with Crippen molar-refractivity contribution in [3.8, 4) is 0 Å². The Morgan fingerprint density at radius 3 is 2.07 bits per heavy atom. The van der Waals surface area contributed by atoms with E-state index in [1.807, 2.05) is 13.8 Å². The molecule has 1 aliphatic rings. The third-order valence-corrected chi connectivity index (χ3v) is 10.4. The van der Waals surface area contributed by atoms with E-state index in [0.717, 1.165) is 18.4 Å². The van der Waals surface area contributed by atoms with E-state index in [9.17, 15) is 38.4 Å². The summed E-state index contributed by atoms with van der Waals surface area (Å²) in [6.07, 6.45) is 2.64. The summed E-state index contributed by atoms with van der Waals surface area (Å²) in [7, 11) is 0. The molecule has 0 radical (unpaired) electrons. The summed E-state index contributed by atoms with van der Waals surface area (Å²) in [6, 6.07) is 14.1. The molecule has 2 aromatic rings. The zero-order valence-corrected chi connectivity index (χ0v) is 33.9. The van der Waals surface area contributed by atoms with Crippen LogP contribution in [0.25, 0.3) is 0 Å². The average Bonchev–Trinajstić information content (AvgIpc) is 3.47. The number of nitrogens with zero attached hydrogens (tertiary/aromatic N) is 1. The van der Waals surface area contributed by atoms with Crippen molar-refractivity contribution in [2.75, 3.05) is 31.5 Å². The number of imide groups is 1. The summed E-state index contributed by atoms with van der Waals surface area (Å²) in [6.45, 7) is 7.08. The minimum Gasteiger partial charge on any atom is -0.450 e. The molecule has 1 fully saturated rings. The second-order valence-corrected chi connectivity index (χ2v) is 14.4. The second kappa shape index (κ2) is 26.4. The fourth-order valence-electron chi connectivity index (χ4n) is 5.58. The number of carboxylic acid groups (broad SMARTS) is 1. The molecule has 0 aromatic heterocycles. The third-order valence-electron chi connectivity index (χ3n) is 8.61. The van der Waals surface area contributed by atoms with E-state index < -0.39 is 48.9 Å². The number of nitrogens with one attached hydrogen (secondary N) is 5. The summed E-state index contributed by atoms with van der Waals surface area (Å²) in [4.78, 5) is 99.9. The van der Waals surface area contributed by atoms with Crippen molar-refractivity contribution in [1.82, 2.24) is 26.2 Å². The highest BCUT2D eigenvalue weighted by atomic mass is 32.2. The fraction of sp³-hybridized carbons (Fsp3) is 0.500. The van der Waals surface area contributed by atoms with E-state index in [4.69, 9.17) is 5.11 Å². The molecular weight excluding hydrogens is 757 g/mol. The van der Waals surface area contributed by atoms with Crippen molar-refractivity contribution in [3.05, 3.63) is 65.7 Å². The van der Waals surface area contributed by atoms with Gasteiger partial charge in [-0.05, 0) is 48.9 Å². The van der Waals surface area contributed by atoms with Crippen LogP contribution < -0.4 is 26.6 Å². The molecule has 0 aliphatic carbocycles. The topological polar surface area (TPSA) is 229 Å². The first-order valence-corrected chi connectivity index (χ1v) is 20.2. The van der Waals surface area contributed by atoms with Crippen LogP contribution in [0.2, 0.25) is 0 Å². The number of unbranched alkanes of at least 4 members (excludes halogenated alkanes) is 2. The minimum absolute atomic E-state index is 0.104. The molecule has 2 atom stereocenters. The molecule has 0 spiro atoms. The number of hydrogen-bond acceptors (Lipinski definition) is 10. The molecule has 57 heavy (non-hydrogen) atoms. The van der Waals surface area contributed by atoms with Gasteiger partial charge in [0.25, 0.3) is 0 Å². The lowest BCUT2D eigenvalue weighted by molar-refractivity contribution is -0.138. The third kappa shape index (κ3) is 18.4. The molecule has 1 heterocycles. The summed E-state index contributed by atoms with van der Waals surface area (Å²) in [5, 5.41) is 21.2. The van der Waals surface area contributed by atoms with Gasteiger partial charge in [0.15, 0.2) is 0 Å². The Morgan fingerprint density at radius 2 is 1.42 bits per heavy atom. The first-order chi connectivity index (χ1) is 27.4. The summed E-state index contributed by atoms with van der Waals surface area (Å²) < 4.78 is 4.50. The van der Waals surface area contributed by atoms with E-state index in [1.165, 1.54) is 4.90 Å². The quantitative estimate of drug-likeness (QED) is 0.0540. The molecule has 0 saturated carbocycles. The van der Waals surface area contributed by atoms with Gasteiger partial charge in [0.05, 0.1) is 24.9 Å². The molecule has 312 valence electrons. The zero-order chi connectivity index (χ0) is 42.2. The van der Waals surface area contributed by atoms with Crippen LogP contribution in [0.3, 0.4) is 0 Å². The van der Waals surface area contributed by atoms with Crippen LogP contribution in [0.1, 0.15) is 83.8 Å². The van der Waals surface area contributed by atoms with Crippen LogP contribution in [0.15, 0.2) is 54.6 Å². The van der Waals surface area contributed by atoms with Crippen LogP contribution >= 0.6 is 11.8 Å². The van der Waals surface area contributed by atoms with Crippen LogP contribution in [0.5, 0.6) is 0 Å². The van der Waals surface area contributed by atoms with Gasteiger partial charge in [-0.3, -0.25) is 38.5 Å². The van der Waals surface area contributed by atoms with Crippen molar-refractivity contribution < 1.29 is 48.2 Å². The predicted octanol–water partition coefficient (Wildman–Crippen LogP) is 3.53. The van der Waals surface area contributed by atoms with Crippen LogP contribution in [0.4, 0.5) is 10.5 Å². The summed E-state index contributed by atoms with van der Waals surface area (Å²) >= 11 is 1.58. The maximum atomic E-state index is 13.1. The van der Waals surface area contributed by atoms with Gasteiger partial charge in [0.2, 0.25) is 41.4 Å². The van der Waals surface area contributed by atoms with E-state index >= 15 is 0 Å². The van der Waals surface area contributed by atoms with Gasteiger partial charge in [-0.25, -0.2) is 4.79 Å². The number of likely N-dealkylation sites (tertiary alicyclic amines) is 1. The molecule has 2 aromatic carbocycles. The normalized spacial score (nSPS) is 13.8. The van der Waals surface area contributed by atoms with Gasteiger partial charge >= 0.3 is 6.16 Å². The molecule has 1 saturated heterocycles. The number of thioether (sulfide) groups is 1. The Balaban J connectivity index is 0.00000551. The number of carbonyl (C=O) groups excluding carboxylic acids is 7. The number of ether oxygens (including phenoxy) is 1. The second-order valence-electron chi connectivity index (χ2n) is 12.8. The number of carbonyl (C=O) groups is 8. The fourth-order valence-corrected chi connectivity index (χ4v) is 6.91. The Labute approximate surface area is 338 Å². The van der Waals surface area contributed by atoms with Crippen LogP contribution in [-0.4, -0.2) is 100 Å². The SMILES string of the molecule is CC.CCC(CC)SC1CC(=O)N(CCCCCC(=O)NCC(=O)NCC(=O)NC(Cc2ccccc2)C(=O)NCC(=O)Nc2ccc(COC(=O)O)cc2)C1=O. The number of hydrogen-bond donors (Lipinski definition) is 6. The first kappa shape index (κ1) is 47.7. The molecule has 2 unspecified atom stereocenters. The molecular formula is C40H56N6O10S. The molecule has 3 rings (SSSR count). The summed E-state index contributed by atoms with van der Waals surface area (Å²) in [5.41, 5.74) is 1.72.